The van der Waals surface area contributed by atoms with Gasteiger partial charge in [0.25, 0.3) is 0 Å². The van der Waals surface area contributed by atoms with Crippen LogP contribution in [-0.2, 0) is 9.53 Å². The van der Waals surface area contributed by atoms with E-state index in [9.17, 15) is 14.7 Å². The molecule has 2 fully saturated rings. The summed E-state index contributed by atoms with van der Waals surface area (Å²) in [6, 6.07) is 0. The van der Waals surface area contributed by atoms with E-state index in [1.54, 1.807) is 0 Å². The van der Waals surface area contributed by atoms with E-state index in [4.69, 9.17) is 4.74 Å². The standard InChI is InChI=1S/C15H25NO4/c1-14(2,3)20-13(19)16-9-6-11(12(17)18)10-15(16)7-4-5-8-15/h11H,4-10H2,1-3H3,(H,17,18). The van der Waals surface area contributed by atoms with E-state index < -0.39 is 11.6 Å². The van der Waals surface area contributed by atoms with Crippen molar-refractivity contribution in [3.8, 4) is 0 Å². The SMILES string of the molecule is CC(C)(C)OC(=O)N1CCC(C(=O)O)CC12CCCC2. The van der Waals surface area contributed by atoms with Gasteiger partial charge in [-0.05, 0) is 46.5 Å². The zero-order valence-corrected chi connectivity index (χ0v) is 12.6. The van der Waals surface area contributed by atoms with Gasteiger partial charge in [-0.25, -0.2) is 4.79 Å². The van der Waals surface area contributed by atoms with Gasteiger partial charge in [-0.15, -0.1) is 0 Å². The lowest BCUT2D eigenvalue weighted by Gasteiger charge is -2.46. The molecule has 2 aliphatic rings. The molecule has 1 saturated carbocycles. The molecular weight excluding hydrogens is 258 g/mol. The van der Waals surface area contributed by atoms with Crippen molar-refractivity contribution in [3.05, 3.63) is 0 Å². The second-order valence-electron chi connectivity index (χ2n) is 7.09. The maximum atomic E-state index is 12.4. The van der Waals surface area contributed by atoms with Gasteiger partial charge in [-0.2, -0.15) is 0 Å². The van der Waals surface area contributed by atoms with Gasteiger partial charge in [0.15, 0.2) is 0 Å². The monoisotopic (exact) mass is 283 g/mol. The molecule has 20 heavy (non-hydrogen) atoms. The molecule has 1 aliphatic heterocycles. The van der Waals surface area contributed by atoms with Gasteiger partial charge in [0.05, 0.1) is 5.92 Å². The lowest BCUT2D eigenvalue weighted by Crippen LogP contribution is -2.56. The molecule has 0 aromatic carbocycles. The van der Waals surface area contributed by atoms with Crippen molar-refractivity contribution in [2.45, 2.75) is 70.4 Å². The summed E-state index contributed by atoms with van der Waals surface area (Å²) in [6.07, 6.45) is 4.73. The van der Waals surface area contributed by atoms with Gasteiger partial charge in [0.2, 0.25) is 0 Å². The topological polar surface area (TPSA) is 66.8 Å². The molecule has 1 heterocycles. The second-order valence-corrected chi connectivity index (χ2v) is 7.09. The molecule has 1 aliphatic carbocycles. The van der Waals surface area contributed by atoms with Crippen molar-refractivity contribution in [1.29, 1.82) is 0 Å². The van der Waals surface area contributed by atoms with Crippen LogP contribution >= 0.6 is 0 Å². The number of carboxylic acid groups (broad SMARTS) is 1. The molecule has 1 spiro atoms. The van der Waals surface area contributed by atoms with E-state index in [-0.39, 0.29) is 17.6 Å². The molecule has 1 amide bonds. The quantitative estimate of drug-likeness (QED) is 0.803. The number of hydrogen-bond acceptors (Lipinski definition) is 3. The van der Waals surface area contributed by atoms with Crippen molar-refractivity contribution < 1.29 is 19.4 Å². The Balaban J connectivity index is 2.15. The predicted molar refractivity (Wildman–Crippen MR) is 74.5 cm³/mol. The highest BCUT2D eigenvalue weighted by Crippen LogP contribution is 2.44. The fourth-order valence-electron chi connectivity index (χ4n) is 3.51. The summed E-state index contributed by atoms with van der Waals surface area (Å²) in [5.41, 5.74) is -0.801. The number of hydrogen-bond donors (Lipinski definition) is 1. The van der Waals surface area contributed by atoms with Crippen LogP contribution in [0.4, 0.5) is 4.79 Å². The number of ether oxygens (including phenoxy) is 1. The van der Waals surface area contributed by atoms with Gasteiger partial charge in [-0.1, -0.05) is 12.8 Å². The minimum absolute atomic E-state index is 0.288. The minimum Gasteiger partial charge on any atom is -0.481 e. The molecule has 114 valence electrons. The molecule has 0 aromatic rings. The van der Waals surface area contributed by atoms with Crippen LogP contribution in [0.25, 0.3) is 0 Å². The van der Waals surface area contributed by atoms with E-state index in [0.29, 0.717) is 19.4 Å². The lowest BCUT2D eigenvalue weighted by atomic mass is 9.79. The molecule has 5 nitrogen and oxygen atoms in total. The summed E-state index contributed by atoms with van der Waals surface area (Å²) in [7, 11) is 0. The number of nitrogens with zero attached hydrogens (tertiary/aromatic N) is 1. The highest BCUT2D eigenvalue weighted by Gasteiger charge is 2.48. The van der Waals surface area contributed by atoms with E-state index in [1.807, 2.05) is 25.7 Å². The Morgan fingerprint density at radius 1 is 1.25 bits per heavy atom. The summed E-state index contributed by atoms with van der Waals surface area (Å²) >= 11 is 0. The van der Waals surface area contributed by atoms with Gasteiger partial charge in [0.1, 0.15) is 5.60 Å². The maximum Gasteiger partial charge on any atom is 0.410 e. The van der Waals surface area contributed by atoms with Gasteiger partial charge in [0, 0.05) is 12.1 Å². The van der Waals surface area contributed by atoms with Crippen LogP contribution in [-0.4, -0.2) is 39.8 Å². The lowest BCUT2D eigenvalue weighted by molar-refractivity contribution is -0.145. The zero-order valence-electron chi connectivity index (χ0n) is 12.6. The van der Waals surface area contributed by atoms with E-state index >= 15 is 0 Å². The number of carboxylic acids is 1. The fraction of sp³-hybridized carbons (Fsp3) is 0.867. The van der Waals surface area contributed by atoms with E-state index in [1.165, 1.54) is 0 Å². The molecule has 1 saturated heterocycles. The van der Waals surface area contributed by atoms with Gasteiger partial charge in [-0.3, -0.25) is 4.79 Å². The summed E-state index contributed by atoms with van der Waals surface area (Å²) in [6.45, 7) is 6.06. The Hall–Kier alpha value is -1.26. The molecule has 0 aromatic heterocycles. The molecule has 0 radical (unpaired) electrons. The third-order valence-electron chi connectivity index (χ3n) is 4.40. The first-order chi connectivity index (χ1) is 9.23. The first kappa shape index (κ1) is 15.1. The van der Waals surface area contributed by atoms with Crippen LogP contribution in [0.15, 0.2) is 0 Å². The fourth-order valence-corrected chi connectivity index (χ4v) is 3.51. The van der Waals surface area contributed by atoms with Crippen LogP contribution in [0.2, 0.25) is 0 Å². The van der Waals surface area contributed by atoms with Crippen molar-refractivity contribution in [1.82, 2.24) is 4.90 Å². The molecule has 2 rings (SSSR count). The number of likely N-dealkylation sites (tertiary alicyclic amines) is 1. The van der Waals surface area contributed by atoms with Crippen molar-refractivity contribution in [2.24, 2.45) is 5.92 Å². The molecule has 5 heteroatoms. The molecule has 1 unspecified atom stereocenters. The van der Waals surface area contributed by atoms with Crippen molar-refractivity contribution >= 4 is 12.1 Å². The number of carbonyl (C=O) groups excluding carboxylic acids is 1. The Kier molecular flexibility index (Phi) is 3.98. The summed E-state index contributed by atoms with van der Waals surface area (Å²) < 4.78 is 5.50. The third-order valence-corrected chi connectivity index (χ3v) is 4.40. The van der Waals surface area contributed by atoms with E-state index in [2.05, 4.69) is 0 Å². The van der Waals surface area contributed by atoms with Crippen LogP contribution < -0.4 is 0 Å². The molecular formula is C15H25NO4. The first-order valence-electron chi connectivity index (χ1n) is 7.47. The second kappa shape index (κ2) is 5.26. The highest BCUT2D eigenvalue weighted by molar-refractivity contribution is 5.73. The Morgan fingerprint density at radius 3 is 2.35 bits per heavy atom. The Morgan fingerprint density at radius 2 is 1.85 bits per heavy atom. The summed E-state index contributed by atoms with van der Waals surface area (Å²) in [5.74, 6) is -1.06. The average molecular weight is 283 g/mol. The Labute approximate surface area is 120 Å². The van der Waals surface area contributed by atoms with Crippen LogP contribution in [0, 0.1) is 5.92 Å². The number of amides is 1. The minimum atomic E-state index is -0.736. The zero-order chi connectivity index (χ0) is 15.0. The maximum absolute atomic E-state index is 12.4. The van der Waals surface area contributed by atoms with Gasteiger partial charge >= 0.3 is 12.1 Å². The third kappa shape index (κ3) is 3.07. The van der Waals surface area contributed by atoms with Crippen molar-refractivity contribution in [2.75, 3.05) is 6.54 Å². The molecule has 0 bridgehead atoms. The van der Waals surface area contributed by atoms with Crippen LogP contribution in [0.1, 0.15) is 59.3 Å². The Bertz CT molecular complexity index is 393. The van der Waals surface area contributed by atoms with E-state index in [0.717, 1.165) is 25.7 Å². The van der Waals surface area contributed by atoms with Gasteiger partial charge < -0.3 is 14.7 Å². The largest absolute Gasteiger partial charge is 0.481 e. The normalized spacial score (nSPS) is 25.8. The van der Waals surface area contributed by atoms with Crippen molar-refractivity contribution in [3.63, 3.8) is 0 Å². The number of carbonyl (C=O) groups is 2. The number of piperidine rings is 1. The highest BCUT2D eigenvalue weighted by atomic mass is 16.6. The number of rotatable bonds is 1. The van der Waals surface area contributed by atoms with Crippen LogP contribution in [0.5, 0.6) is 0 Å². The molecule has 1 N–H and O–H groups in total. The predicted octanol–water partition coefficient (Wildman–Crippen LogP) is 3.03. The smallest absolute Gasteiger partial charge is 0.410 e. The van der Waals surface area contributed by atoms with Crippen LogP contribution in [0.3, 0.4) is 0 Å². The summed E-state index contributed by atoms with van der Waals surface area (Å²) in [4.78, 5) is 25.5. The first-order valence-corrected chi connectivity index (χ1v) is 7.47. The average Bonchev–Trinajstić information content (AvgIpc) is 2.75. The summed E-state index contributed by atoms with van der Waals surface area (Å²) in [5, 5.41) is 9.26. The molecule has 1 atom stereocenters. The number of aliphatic carboxylic acids is 1.